The van der Waals surface area contributed by atoms with Crippen molar-refractivity contribution in [1.29, 1.82) is 0 Å². The monoisotopic (exact) mass is 264 g/mol. The first-order valence-corrected chi connectivity index (χ1v) is 5.92. The van der Waals surface area contributed by atoms with Crippen LogP contribution >= 0.6 is 0 Å². The fourth-order valence-electron chi connectivity index (χ4n) is 1.74. The van der Waals surface area contributed by atoms with Crippen LogP contribution < -0.4 is 5.32 Å². The summed E-state index contributed by atoms with van der Waals surface area (Å²) < 4.78 is 3.02. The number of aryl methyl sites for hydroxylation is 1. The van der Waals surface area contributed by atoms with Crippen LogP contribution in [-0.2, 0) is 18.4 Å². The Bertz CT molecular complexity index is 531. The lowest BCUT2D eigenvalue weighted by atomic mass is 10.0. The van der Waals surface area contributed by atoms with Gasteiger partial charge in [0.2, 0.25) is 5.91 Å². The number of carbonyl (C=O) groups is 1. The van der Waals surface area contributed by atoms with Gasteiger partial charge in [-0.25, -0.2) is 9.67 Å². The topological polar surface area (TPSA) is 103 Å². The average molecular weight is 264 g/mol. The number of hydrogen-bond donors (Lipinski definition) is 1. The van der Waals surface area contributed by atoms with Crippen LogP contribution in [0.3, 0.4) is 0 Å². The molecular formula is C10H16N8O. The Kier molecular flexibility index (Phi) is 3.83. The summed E-state index contributed by atoms with van der Waals surface area (Å²) in [5.41, 5.74) is 0. The molecule has 0 aliphatic heterocycles. The van der Waals surface area contributed by atoms with Crippen molar-refractivity contribution in [2.75, 3.05) is 0 Å². The van der Waals surface area contributed by atoms with Crippen molar-refractivity contribution in [2.45, 2.75) is 26.4 Å². The Labute approximate surface area is 110 Å². The molecule has 1 amide bonds. The highest BCUT2D eigenvalue weighted by atomic mass is 16.2. The van der Waals surface area contributed by atoms with Gasteiger partial charge in [-0.15, -0.1) is 5.10 Å². The number of nitrogens with zero attached hydrogens (tertiary/aromatic N) is 7. The summed E-state index contributed by atoms with van der Waals surface area (Å²) in [7, 11) is 1.80. The molecule has 2 heterocycles. The van der Waals surface area contributed by atoms with E-state index in [2.05, 4.69) is 30.9 Å². The van der Waals surface area contributed by atoms with E-state index in [0.717, 1.165) is 5.82 Å². The minimum absolute atomic E-state index is 0.0775. The molecule has 0 aliphatic carbocycles. The second-order valence-corrected chi connectivity index (χ2v) is 4.54. The van der Waals surface area contributed by atoms with Crippen molar-refractivity contribution >= 4 is 5.91 Å². The van der Waals surface area contributed by atoms with E-state index >= 15 is 0 Å². The predicted octanol–water partition coefficient (Wildman–Crippen LogP) is -0.685. The molecule has 1 atom stereocenters. The third-order valence-corrected chi connectivity index (χ3v) is 2.70. The SMILES string of the molecule is CC(C)C(NC(=O)Cn1cnnn1)c1ncnn1C. The fraction of sp³-hybridized carbons (Fsp3) is 0.600. The van der Waals surface area contributed by atoms with Gasteiger partial charge in [0.25, 0.3) is 0 Å². The van der Waals surface area contributed by atoms with Crippen molar-refractivity contribution in [2.24, 2.45) is 13.0 Å². The molecular weight excluding hydrogens is 248 g/mol. The lowest BCUT2D eigenvalue weighted by Gasteiger charge is -2.21. The summed E-state index contributed by atoms with van der Waals surface area (Å²) in [6.07, 6.45) is 2.87. The molecule has 9 heteroatoms. The first kappa shape index (κ1) is 13.1. The molecule has 0 saturated carbocycles. The molecule has 2 aromatic heterocycles. The summed E-state index contributed by atoms with van der Waals surface area (Å²) >= 11 is 0. The van der Waals surface area contributed by atoms with Crippen LogP contribution in [0.5, 0.6) is 0 Å². The van der Waals surface area contributed by atoms with Gasteiger partial charge in [0, 0.05) is 7.05 Å². The Morgan fingerprint density at radius 3 is 2.79 bits per heavy atom. The van der Waals surface area contributed by atoms with Gasteiger partial charge in [-0.2, -0.15) is 5.10 Å². The standard InChI is InChI=1S/C10H16N8O/c1-7(2)9(10-11-5-13-17(10)3)14-8(19)4-18-6-12-15-16-18/h5-7,9H,4H2,1-3H3,(H,14,19). The molecule has 1 N–H and O–H groups in total. The summed E-state index contributed by atoms with van der Waals surface area (Å²) in [6.45, 7) is 4.10. The molecule has 19 heavy (non-hydrogen) atoms. The predicted molar refractivity (Wildman–Crippen MR) is 64.5 cm³/mol. The van der Waals surface area contributed by atoms with Gasteiger partial charge in [-0.1, -0.05) is 13.8 Å². The normalized spacial score (nSPS) is 12.6. The summed E-state index contributed by atoms with van der Waals surface area (Å²) in [5, 5.41) is 17.5. The Morgan fingerprint density at radius 1 is 1.47 bits per heavy atom. The van der Waals surface area contributed by atoms with Crippen LogP contribution in [-0.4, -0.2) is 40.9 Å². The Hall–Kier alpha value is -2.32. The molecule has 0 saturated heterocycles. The van der Waals surface area contributed by atoms with Gasteiger partial charge in [0.1, 0.15) is 25.0 Å². The zero-order valence-electron chi connectivity index (χ0n) is 11.1. The molecule has 0 fully saturated rings. The van der Waals surface area contributed by atoms with Gasteiger partial charge in [0.05, 0.1) is 6.04 Å². The minimum Gasteiger partial charge on any atom is -0.344 e. The van der Waals surface area contributed by atoms with Crippen LogP contribution in [0.2, 0.25) is 0 Å². The maximum atomic E-state index is 11.9. The van der Waals surface area contributed by atoms with Crippen molar-refractivity contribution in [3.05, 3.63) is 18.5 Å². The number of aromatic nitrogens is 7. The van der Waals surface area contributed by atoms with E-state index in [-0.39, 0.29) is 24.4 Å². The largest absolute Gasteiger partial charge is 0.344 e. The van der Waals surface area contributed by atoms with Gasteiger partial charge in [0.15, 0.2) is 0 Å². The quantitative estimate of drug-likeness (QED) is 0.767. The number of hydrogen-bond acceptors (Lipinski definition) is 6. The molecule has 0 spiro atoms. The van der Waals surface area contributed by atoms with Crippen LogP contribution in [0.25, 0.3) is 0 Å². The Morgan fingerprint density at radius 2 is 2.26 bits per heavy atom. The van der Waals surface area contributed by atoms with Crippen molar-refractivity contribution in [3.8, 4) is 0 Å². The van der Waals surface area contributed by atoms with Crippen LogP contribution in [0.15, 0.2) is 12.7 Å². The zero-order valence-corrected chi connectivity index (χ0v) is 11.1. The molecule has 102 valence electrons. The number of nitrogens with one attached hydrogen (secondary N) is 1. The minimum atomic E-state index is -0.198. The van der Waals surface area contributed by atoms with E-state index in [1.807, 2.05) is 13.8 Å². The van der Waals surface area contributed by atoms with Crippen LogP contribution in [0.1, 0.15) is 25.7 Å². The number of amides is 1. The van der Waals surface area contributed by atoms with Gasteiger partial charge in [-0.3, -0.25) is 9.48 Å². The molecule has 0 aromatic carbocycles. The highest BCUT2D eigenvalue weighted by Gasteiger charge is 2.22. The third kappa shape index (κ3) is 3.12. The summed E-state index contributed by atoms with van der Waals surface area (Å²) in [5.74, 6) is 0.745. The summed E-state index contributed by atoms with van der Waals surface area (Å²) in [4.78, 5) is 16.1. The van der Waals surface area contributed by atoms with Crippen LogP contribution in [0, 0.1) is 5.92 Å². The molecule has 1 unspecified atom stereocenters. The van der Waals surface area contributed by atoms with Gasteiger partial charge >= 0.3 is 0 Å². The maximum absolute atomic E-state index is 11.9. The highest BCUT2D eigenvalue weighted by Crippen LogP contribution is 2.18. The van der Waals surface area contributed by atoms with Crippen molar-refractivity contribution < 1.29 is 4.79 Å². The molecule has 2 aromatic rings. The van der Waals surface area contributed by atoms with E-state index in [1.54, 1.807) is 11.7 Å². The van der Waals surface area contributed by atoms with Crippen molar-refractivity contribution in [1.82, 2.24) is 40.3 Å². The lowest BCUT2D eigenvalue weighted by Crippen LogP contribution is -2.35. The van der Waals surface area contributed by atoms with Crippen molar-refractivity contribution in [3.63, 3.8) is 0 Å². The number of rotatable bonds is 5. The third-order valence-electron chi connectivity index (χ3n) is 2.70. The Balaban J connectivity index is 2.05. The van der Waals surface area contributed by atoms with Crippen LogP contribution in [0.4, 0.5) is 0 Å². The number of tetrazole rings is 1. The second-order valence-electron chi connectivity index (χ2n) is 4.54. The molecule has 0 bridgehead atoms. The summed E-state index contributed by atoms with van der Waals surface area (Å²) in [6, 6.07) is -0.198. The van der Waals surface area contributed by atoms with E-state index in [9.17, 15) is 4.79 Å². The number of carbonyl (C=O) groups excluding carboxylic acids is 1. The lowest BCUT2D eigenvalue weighted by molar-refractivity contribution is -0.123. The molecule has 0 aliphatic rings. The first-order valence-electron chi connectivity index (χ1n) is 5.92. The smallest absolute Gasteiger partial charge is 0.242 e. The maximum Gasteiger partial charge on any atom is 0.242 e. The molecule has 2 rings (SSSR count). The van der Waals surface area contributed by atoms with E-state index in [1.165, 1.54) is 17.3 Å². The fourth-order valence-corrected chi connectivity index (χ4v) is 1.74. The second kappa shape index (κ2) is 5.55. The van der Waals surface area contributed by atoms with E-state index in [4.69, 9.17) is 0 Å². The highest BCUT2D eigenvalue weighted by molar-refractivity contribution is 5.76. The van der Waals surface area contributed by atoms with Gasteiger partial charge < -0.3 is 5.32 Å². The van der Waals surface area contributed by atoms with Gasteiger partial charge in [-0.05, 0) is 16.3 Å². The van der Waals surface area contributed by atoms with E-state index in [0.29, 0.717) is 0 Å². The first-order chi connectivity index (χ1) is 9.08. The molecule has 9 nitrogen and oxygen atoms in total. The average Bonchev–Trinajstić information content (AvgIpc) is 2.97. The van der Waals surface area contributed by atoms with E-state index < -0.39 is 0 Å². The zero-order chi connectivity index (χ0) is 13.8. The molecule has 0 radical (unpaired) electrons.